The lowest BCUT2D eigenvalue weighted by molar-refractivity contribution is 0.869. The first-order chi connectivity index (χ1) is 5.42. The first-order valence-corrected chi connectivity index (χ1v) is 3.83. The van der Waals surface area contributed by atoms with Gasteiger partial charge in [-0.1, -0.05) is 30.3 Å². The Morgan fingerprint density at radius 2 is 2.00 bits per heavy atom. The molecule has 1 aliphatic carbocycles. The van der Waals surface area contributed by atoms with E-state index in [-0.39, 0.29) is 6.04 Å². The van der Waals surface area contributed by atoms with Crippen LogP contribution in [0.15, 0.2) is 35.4 Å². The Morgan fingerprint density at radius 1 is 1.27 bits per heavy atom. The van der Waals surface area contributed by atoms with Gasteiger partial charge in [-0.05, 0) is 12.0 Å². The Morgan fingerprint density at radius 3 is 2.55 bits per heavy atom. The van der Waals surface area contributed by atoms with Gasteiger partial charge in [0.1, 0.15) is 0 Å². The zero-order chi connectivity index (χ0) is 7.68. The Bertz CT molecular complexity index is 256. The van der Waals surface area contributed by atoms with Crippen molar-refractivity contribution in [1.82, 2.24) is 0 Å². The van der Waals surface area contributed by atoms with Crippen molar-refractivity contribution in [2.24, 2.45) is 5.11 Å². The summed E-state index contributed by atoms with van der Waals surface area (Å²) in [4.78, 5) is 0. The number of nitrogens with one attached hydrogen (secondary N) is 1. The van der Waals surface area contributed by atoms with Gasteiger partial charge in [-0.15, -0.1) is 0 Å². The maximum absolute atomic E-state index is 6.82. The maximum Gasteiger partial charge on any atom is 0.0781 e. The molecule has 0 unspecified atom stereocenters. The minimum Gasteiger partial charge on any atom is -0.210 e. The Labute approximate surface area is 65.8 Å². The fraction of sp³-hybridized carbons (Fsp3) is 0.333. The smallest absolute Gasteiger partial charge is 0.0781 e. The second kappa shape index (κ2) is 2.46. The van der Waals surface area contributed by atoms with Crippen molar-refractivity contribution in [1.29, 1.82) is 5.53 Å². The lowest BCUT2D eigenvalue weighted by Crippen LogP contribution is -1.81. The van der Waals surface area contributed by atoms with Gasteiger partial charge in [0, 0.05) is 5.92 Å². The highest BCUT2D eigenvalue weighted by Gasteiger charge is 2.38. The van der Waals surface area contributed by atoms with Crippen LogP contribution in [0.4, 0.5) is 0 Å². The molecule has 11 heavy (non-hydrogen) atoms. The van der Waals surface area contributed by atoms with E-state index in [9.17, 15) is 0 Å². The van der Waals surface area contributed by atoms with Gasteiger partial charge in [0.25, 0.3) is 0 Å². The highest BCUT2D eigenvalue weighted by molar-refractivity contribution is 5.27. The van der Waals surface area contributed by atoms with Gasteiger partial charge < -0.3 is 0 Å². The molecule has 1 N–H and O–H groups in total. The van der Waals surface area contributed by atoms with Crippen LogP contribution >= 0.6 is 0 Å². The van der Waals surface area contributed by atoms with E-state index in [1.54, 1.807) is 0 Å². The summed E-state index contributed by atoms with van der Waals surface area (Å²) in [5.41, 5.74) is 8.15. The van der Waals surface area contributed by atoms with Crippen LogP contribution in [-0.2, 0) is 0 Å². The summed E-state index contributed by atoms with van der Waals surface area (Å²) in [6.07, 6.45) is 1.06. The summed E-state index contributed by atoms with van der Waals surface area (Å²) in [6.45, 7) is 0. The fourth-order valence-electron chi connectivity index (χ4n) is 1.38. The van der Waals surface area contributed by atoms with Crippen molar-refractivity contribution in [3.05, 3.63) is 35.9 Å². The van der Waals surface area contributed by atoms with E-state index in [0.29, 0.717) is 5.92 Å². The van der Waals surface area contributed by atoms with Crippen LogP contribution in [0.1, 0.15) is 17.9 Å². The van der Waals surface area contributed by atoms with Crippen LogP contribution in [0.3, 0.4) is 0 Å². The lowest BCUT2D eigenvalue weighted by atomic mass is 10.1. The number of benzene rings is 1. The number of nitrogens with zero attached hydrogens (tertiary/aromatic N) is 1. The average molecular weight is 146 g/mol. The Kier molecular flexibility index (Phi) is 1.46. The quantitative estimate of drug-likeness (QED) is 0.622. The molecule has 0 amide bonds. The Balaban J connectivity index is 2.14. The summed E-state index contributed by atoms with van der Waals surface area (Å²) in [5.74, 6) is 0.536. The first-order valence-electron chi connectivity index (χ1n) is 3.83. The molecule has 0 radical (unpaired) electrons. The molecule has 0 bridgehead atoms. The van der Waals surface area contributed by atoms with Crippen LogP contribution in [0.2, 0.25) is 0 Å². The lowest BCUT2D eigenvalue weighted by Gasteiger charge is -1.94. The molecule has 0 aromatic heterocycles. The molecule has 0 aliphatic heterocycles. The molecule has 0 saturated heterocycles. The minimum absolute atomic E-state index is 0.275. The number of hydrogen-bond donors (Lipinski definition) is 1. The van der Waals surface area contributed by atoms with Crippen molar-refractivity contribution in [2.45, 2.75) is 18.4 Å². The van der Waals surface area contributed by atoms with E-state index in [1.807, 2.05) is 18.2 Å². The SMILES string of the molecule is N=N[C@@H]1C[C@@H]1c1ccccc1. The van der Waals surface area contributed by atoms with Gasteiger partial charge in [0.15, 0.2) is 0 Å². The van der Waals surface area contributed by atoms with E-state index in [0.717, 1.165) is 6.42 Å². The second-order valence-electron chi connectivity index (χ2n) is 2.95. The summed E-state index contributed by atoms with van der Waals surface area (Å²) >= 11 is 0. The molecular formula is C9H10N2. The summed E-state index contributed by atoms with van der Waals surface area (Å²) in [6, 6.07) is 10.6. The standard InChI is InChI=1S/C9H10N2/c10-11-9-6-8(9)7-4-2-1-3-5-7/h1-5,8-10H,6H2/t8-,9-/m1/s1. The van der Waals surface area contributed by atoms with Crippen LogP contribution in [0.25, 0.3) is 0 Å². The van der Waals surface area contributed by atoms with Gasteiger partial charge >= 0.3 is 0 Å². The molecule has 0 heterocycles. The molecular weight excluding hydrogens is 136 g/mol. The summed E-state index contributed by atoms with van der Waals surface area (Å²) in [7, 11) is 0. The number of rotatable bonds is 2. The average Bonchev–Trinajstić information content (AvgIpc) is 2.85. The van der Waals surface area contributed by atoms with E-state index in [2.05, 4.69) is 17.2 Å². The largest absolute Gasteiger partial charge is 0.210 e. The topological polar surface area (TPSA) is 36.2 Å². The molecule has 2 heteroatoms. The van der Waals surface area contributed by atoms with Crippen LogP contribution in [-0.4, -0.2) is 6.04 Å². The fourth-order valence-corrected chi connectivity index (χ4v) is 1.38. The molecule has 2 nitrogen and oxygen atoms in total. The van der Waals surface area contributed by atoms with Gasteiger partial charge in [0.05, 0.1) is 6.04 Å². The van der Waals surface area contributed by atoms with Crippen molar-refractivity contribution in [2.75, 3.05) is 0 Å². The van der Waals surface area contributed by atoms with E-state index >= 15 is 0 Å². The first kappa shape index (κ1) is 6.53. The molecule has 1 aromatic rings. The van der Waals surface area contributed by atoms with Crippen molar-refractivity contribution in [3.8, 4) is 0 Å². The third-order valence-corrected chi connectivity index (χ3v) is 2.15. The molecule has 0 spiro atoms. The molecule has 2 atom stereocenters. The van der Waals surface area contributed by atoms with Gasteiger partial charge in [-0.3, -0.25) is 0 Å². The van der Waals surface area contributed by atoms with Gasteiger partial charge in [-0.25, -0.2) is 5.53 Å². The monoisotopic (exact) mass is 146 g/mol. The zero-order valence-electron chi connectivity index (χ0n) is 6.20. The molecule has 1 aromatic carbocycles. The highest BCUT2D eigenvalue weighted by atomic mass is 15.0. The van der Waals surface area contributed by atoms with Crippen LogP contribution in [0.5, 0.6) is 0 Å². The van der Waals surface area contributed by atoms with E-state index in [4.69, 9.17) is 5.53 Å². The van der Waals surface area contributed by atoms with E-state index in [1.165, 1.54) is 5.56 Å². The molecule has 1 aliphatic rings. The van der Waals surface area contributed by atoms with Gasteiger partial charge in [0.2, 0.25) is 0 Å². The van der Waals surface area contributed by atoms with Crippen molar-refractivity contribution >= 4 is 0 Å². The second-order valence-corrected chi connectivity index (χ2v) is 2.95. The van der Waals surface area contributed by atoms with Crippen LogP contribution < -0.4 is 0 Å². The van der Waals surface area contributed by atoms with Gasteiger partial charge in [-0.2, -0.15) is 5.11 Å². The normalized spacial score (nSPS) is 28.0. The zero-order valence-corrected chi connectivity index (χ0v) is 6.20. The van der Waals surface area contributed by atoms with Crippen molar-refractivity contribution < 1.29 is 0 Å². The third kappa shape index (κ3) is 1.16. The van der Waals surface area contributed by atoms with E-state index < -0.39 is 0 Å². The summed E-state index contributed by atoms with van der Waals surface area (Å²) < 4.78 is 0. The molecule has 2 rings (SSSR count). The molecule has 1 fully saturated rings. The maximum atomic E-state index is 6.82. The predicted molar refractivity (Wildman–Crippen MR) is 42.7 cm³/mol. The molecule has 56 valence electrons. The predicted octanol–water partition coefficient (Wildman–Crippen LogP) is 2.57. The van der Waals surface area contributed by atoms with Crippen LogP contribution in [0, 0.1) is 5.53 Å². The highest BCUT2D eigenvalue weighted by Crippen LogP contribution is 2.42. The third-order valence-electron chi connectivity index (χ3n) is 2.15. The summed E-state index contributed by atoms with van der Waals surface area (Å²) in [5, 5.41) is 3.51. The Hall–Kier alpha value is -1.18. The molecule has 1 saturated carbocycles. The number of hydrogen-bond acceptors (Lipinski definition) is 2. The minimum atomic E-state index is 0.275. The van der Waals surface area contributed by atoms with Crippen molar-refractivity contribution in [3.63, 3.8) is 0 Å².